The van der Waals surface area contributed by atoms with Crippen molar-refractivity contribution in [1.82, 2.24) is 14.5 Å². The molecular weight excluding hydrogens is 386 g/mol. The Morgan fingerprint density at radius 2 is 1.86 bits per heavy atom. The van der Waals surface area contributed by atoms with Crippen molar-refractivity contribution in [2.24, 2.45) is 0 Å². The smallest absolute Gasteiger partial charge is 0.209 e. The molecule has 2 N–H and O–H groups in total. The molecular formula is C22H25N3O3S. The SMILES string of the molecule is CS(=O)(=O)NC1CCc2cc(CO)nn2C1Cc1cccc(-c2ccccc2)c1. The maximum Gasteiger partial charge on any atom is 0.209 e. The Bertz CT molecular complexity index is 1090. The third-order valence-electron chi connectivity index (χ3n) is 5.36. The van der Waals surface area contributed by atoms with E-state index in [9.17, 15) is 13.5 Å². The lowest BCUT2D eigenvalue weighted by Crippen LogP contribution is -2.45. The van der Waals surface area contributed by atoms with Gasteiger partial charge in [0.05, 0.1) is 24.6 Å². The van der Waals surface area contributed by atoms with Gasteiger partial charge in [-0.25, -0.2) is 13.1 Å². The molecule has 1 aliphatic heterocycles. The van der Waals surface area contributed by atoms with Gasteiger partial charge in [-0.2, -0.15) is 5.10 Å². The second-order valence-electron chi connectivity index (χ2n) is 7.60. The van der Waals surface area contributed by atoms with Gasteiger partial charge in [-0.15, -0.1) is 0 Å². The molecule has 152 valence electrons. The highest BCUT2D eigenvalue weighted by atomic mass is 32.2. The van der Waals surface area contributed by atoms with Crippen LogP contribution in [0.3, 0.4) is 0 Å². The summed E-state index contributed by atoms with van der Waals surface area (Å²) in [5.74, 6) is 0. The van der Waals surface area contributed by atoms with E-state index in [-0.39, 0.29) is 18.7 Å². The summed E-state index contributed by atoms with van der Waals surface area (Å²) in [6.07, 6.45) is 3.26. The van der Waals surface area contributed by atoms with Crippen LogP contribution in [0.1, 0.15) is 29.4 Å². The van der Waals surface area contributed by atoms with Crippen LogP contribution in [-0.4, -0.2) is 35.6 Å². The van der Waals surface area contributed by atoms with E-state index in [1.165, 1.54) is 6.26 Å². The highest BCUT2D eigenvalue weighted by Crippen LogP contribution is 2.30. The molecule has 7 heteroatoms. The molecule has 1 aromatic heterocycles. The van der Waals surface area contributed by atoms with E-state index < -0.39 is 10.0 Å². The van der Waals surface area contributed by atoms with Crippen molar-refractivity contribution in [2.45, 2.75) is 38.0 Å². The Balaban J connectivity index is 1.68. The summed E-state index contributed by atoms with van der Waals surface area (Å²) in [6, 6.07) is 20.0. The van der Waals surface area contributed by atoms with Gasteiger partial charge >= 0.3 is 0 Å². The van der Waals surface area contributed by atoms with E-state index in [0.29, 0.717) is 18.5 Å². The van der Waals surface area contributed by atoms with Gasteiger partial charge in [-0.1, -0.05) is 54.6 Å². The van der Waals surface area contributed by atoms with E-state index in [1.807, 2.05) is 35.0 Å². The Hall–Kier alpha value is -2.48. The van der Waals surface area contributed by atoms with Crippen LogP contribution in [0.25, 0.3) is 11.1 Å². The molecule has 0 saturated carbocycles. The predicted octanol–water partition coefficient (Wildman–Crippen LogP) is 2.69. The number of sulfonamides is 1. The van der Waals surface area contributed by atoms with Crippen molar-refractivity contribution < 1.29 is 13.5 Å². The first-order valence-corrected chi connectivity index (χ1v) is 11.6. The van der Waals surface area contributed by atoms with Crippen molar-refractivity contribution in [3.63, 3.8) is 0 Å². The zero-order valence-corrected chi connectivity index (χ0v) is 17.1. The largest absolute Gasteiger partial charge is 0.390 e. The number of nitrogens with one attached hydrogen (secondary N) is 1. The molecule has 29 heavy (non-hydrogen) atoms. The zero-order chi connectivity index (χ0) is 20.4. The van der Waals surface area contributed by atoms with Crippen LogP contribution in [0.15, 0.2) is 60.7 Å². The molecule has 0 amide bonds. The van der Waals surface area contributed by atoms with Crippen molar-refractivity contribution in [3.8, 4) is 11.1 Å². The fourth-order valence-corrected chi connectivity index (χ4v) is 4.92. The van der Waals surface area contributed by atoms with Gasteiger partial charge in [-0.3, -0.25) is 4.68 Å². The minimum Gasteiger partial charge on any atom is -0.390 e. The highest BCUT2D eigenvalue weighted by Gasteiger charge is 2.32. The van der Waals surface area contributed by atoms with Gasteiger partial charge in [0.2, 0.25) is 10.0 Å². The van der Waals surface area contributed by atoms with Gasteiger partial charge in [0.1, 0.15) is 0 Å². The summed E-state index contributed by atoms with van der Waals surface area (Å²) in [6.45, 7) is -0.125. The summed E-state index contributed by atoms with van der Waals surface area (Å²) in [7, 11) is -3.34. The Morgan fingerprint density at radius 1 is 1.10 bits per heavy atom. The van der Waals surface area contributed by atoms with Gasteiger partial charge in [0, 0.05) is 11.7 Å². The number of hydrogen-bond acceptors (Lipinski definition) is 4. The Kier molecular flexibility index (Phi) is 5.54. The first-order chi connectivity index (χ1) is 13.9. The third kappa shape index (κ3) is 4.58. The number of aliphatic hydroxyl groups excluding tert-OH is 1. The fraction of sp³-hybridized carbons (Fsp3) is 0.318. The molecule has 2 aromatic carbocycles. The number of aliphatic hydroxyl groups is 1. The number of aryl methyl sites for hydroxylation is 1. The van der Waals surface area contributed by atoms with E-state index in [1.54, 1.807) is 0 Å². The van der Waals surface area contributed by atoms with Crippen LogP contribution in [0, 0.1) is 0 Å². The average Bonchev–Trinajstić information content (AvgIpc) is 3.13. The number of benzene rings is 2. The van der Waals surface area contributed by atoms with Crippen molar-refractivity contribution in [3.05, 3.63) is 77.6 Å². The monoisotopic (exact) mass is 411 g/mol. The molecule has 6 nitrogen and oxygen atoms in total. The molecule has 2 unspecified atom stereocenters. The first-order valence-electron chi connectivity index (χ1n) is 9.73. The minimum atomic E-state index is -3.34. The topological polar surface area (TPSA) is 84.2 Å². The average molecular weight is 412 g/mol. The predicted molar refractivity (Wildman–Crippen MR) is 113 cm³/mol. The molecule has 0 aliphatic carbocycles. The second-order valence-corrected chi connectivity index (χ2v) is 9.38. The molecule has 4 rings (SSSR count). The van der Waals surface area contributed by atoms with Crippen LogP contribution >= 0.6 is 0 Å². The molecule has 2 atom stereocenters. The first kappa shape index (κ1) is 19.8. The lowest BCUT2D eigenvalue weighted by Gasteiger charge is -2.33. The van der Waals surface area contributed by atoms with Crippen LogP contribution in [0.2, 0.25) is 0 Å². The fourth-order valence-electron chi connectivity index (χ4n) is 4.10. The Morgan fingerprint density at radius 3 is 2.59 bits per heavy atom. The number of aromatic nitrogens is 2. The van der Waals surface area contributed by atoms with E-state index in [0.717, 1.165) is 28.8 Å². The van der Waals surface area contributed by atoms with Gasteiger partial charge in [-0.05, 0) is 42.0 Å². The molecule has 0 fully saturated rings. The standard InChI is InChI=1S/C22H25N3O3S/c1-29(27,28)24-21-11-10-20-14-19(15-26)23-25(20)22(21)13-16-6-5-9-18(12-16)17-7-3-2-4-8-17/h2-9,12,14,21-22,24,26H,10-11,13,15H2,1H3. The maximum absolute atomic E-state index is 11.9. The van der Waals surface area contributed by atoms with Crippen LogP contribution in [0.4, 0.5) is 0 Å². The van der Waals surface area contributed by atoms with Gasteiger partial charge in [0.15, 0.2) is 0 Å². The molecule has 1 aliphatic rings. The summed E-state index contributed by atoms with van der Waals surface area (Å²) in [4.78, 5) is 0. The molecule has 3 aromatic rings. The van der Waals surface area contributed by atoms with Crippen molar-refractivity contribution in [2.75, 3.05) is 6.26 Å². The zero-order valence-electron chi connectivity index (χ0n) is 16.3. The molecule has 0 bridgehead atoms. The van der Waals surface area contributed by atoms with Crippen LogP contribution in [-0.2, 0) is 29.5 Å². The summed E-state index contributed by atoms with van der Waals surface area (Å²) >= 11 is 0. The lowest BCUT2D eigenvalue weighted by atomic mass is 9.91. The van der Waals surface area contributed by atoms with E-state index >= 15 is 0 Å². The minimum absolute atomic E-state index is 0.125. The number of fused-ring (bicyclic) bond motifs is 1. The number of rotatable bonds is 6. The molecule has 0 spiro atoms. The number of hydrogen-bond donors (Lipinski definition) is 2. The van der Waals surface area contributed by atoms with E-state index in [2.05, 4.69) is 40.2 Å². The number of nitrogens with zero attached hydrogens (tertiary/aromatic N) is 2. The summed E-state index contributed by atoms with van der Waals surface area (Å²) in [5, 5.41) is 14.0. The van der Waals surface area contributed by atoms with Gasteiger partial charge < -0.3 is 5.11 Å². The summed E-state index contributed by atoms with van der Waals surface area (Å²) < 4.78 is 28.5. The molecule has 0 saturated heterocycles. The highest BCUT2D eigenvalue weighted by molar-refractivity contribution is 7.88. The quantitative estimate of drug-likeness (QED) is 0.653. The lowest BCUT2D eigenvalue weighted by molar-refractivity contribution is 0.266. The molecule has 0 radical (unpaired) electrons. The maximum atomic E-state index is 11.9. The van der Waals surface area contributed by atoms with Crippen molar-refractivity contribution >= 4 is 10.0 Å². The second kappa shape index (κ2) is 8.10. The van der Waals surface area contributed by atoms with Crippen LogP contribution in [0.5, 0.6) is 0 Å². The Labute approximate surface area is 171 Å². The van der Waals surface area contributed by atoms with Gasteiger partial charge in [0.25, 0.3) is 0 Å². The van der Waals surface area contributed by atoms with E-state index in [4.69, 9.17) is 0 Å². The van der Waals surface area contributed by atoms with Crippen molar-refractivity contribution in [1.29, 1.82) is 0 Å². The van der Waals surface area contributed by atoms with Crippen LogP contribution < -0.4 is 4.72 Å². The summed E-state index contributed by atoms with van der Waals surface area (Å²) in [5.41, 5.74) is 5.04. The third-order valence-corrected chi connectivity index (χ3v) is 6.09. The normalized spacial score (nSPS) is 19.1. The molecule has 2 heterocycles.